The van der Waals surface area contributed by atoms with Gasteiger partial charge in [-0.2, -0.15) is 0 Å². The van der Waals surface area contributed by atoms with Gasteiger partial charge in [-0.25, -0.2) is 4.98 Å². The number of hydrogen-bond acceptors (Lipinski definition) is 3. The molecule has 4 heteroatoms. The second kappa shape index (κ2) is 6.33. The summed E-state index contributed by atoms with van der Waals surface area (Å²) < 4.78 is 0. The Balaban J connectivity index is 1.91. The summed E-state index contributed by atoms with van der Waals surface area (Å²) in [6, 6.07) is 0. The minimum absolute atomic E-state index is 0.155. The Morgan fingerprint density at radius 2 is 2.32 bits per heavy atom. The third-order valence-corrected chi connectivity index (χ3v) is 4.92. The zero-order valence-electron chi connectivity index (χ0n) is 11.9. The maximum atomic E-state index is 12.1. The van der Waals surface area contributed by atoms with Crippen LogP contribution in [0.15, 0.2) is 12.2 Å². The van der Waals surface area contributed by atoms with Crippen molar-refractivity contribution in [3.63, 3.8) is 0 Å². The van der Waals surface area contributed by atoms with Gasteiger partial charge in [0.2, 0.25) is 5.91 Å². The van der Waals surface area contributed by atoms with Gasteiger partial charge >= 0.3 is 0 Å². The van der Waals surface area contributed by atoms with E-state index in [9.17, 15) is 4.79 Å². The number of aryl methyl sites for hydroxylation is 1. The Hall–Kier alpha value is -1.16. The minimum Gasteiger partial charge on any atom is -0.351 e. The van der Waals surface area contributed by atoms with Gasteiger partial charge in [0.05, 0.1) is 17.2 Å². The topological polar surface area (TPSA) is 42.0 Å². The molecule has 1 amide bonds. The number of thiazole rings is 1. The zero-order valence-corrected chi connectivity index (χ0v) is 12.7. The lowest BCUT2D eigenvalue weighted by Gasteiger charge is -2.16. The summed E-state index contributed by atoms with van der Waals surface area (Å²) in [6.07, 6.45) is 7.15. The number of aromatic nitrogens is 1. The van der Waals surface area contributed by atoms with E-state index >= 15 is 0 Å². The van der Waals surface area contributed by atoms with E-state index in [2.05, 4.69) is 36.3 Å². The maximum absolute atomic E-state index is 12.1. The lowest BCUT2D eigenvalue weighted by molar-refractivity contribution is -0.125. The highest BCUT2D eigenvalue weighted by molar-refractivity contribution is 7.11. The molecule has 0 unspecified atom stereocenters. The molecule has 19 heavy (non-hydrogen) atoms. The highest BCUT2D eigenvalue weighted by Crippen LogP contribution is 2.25. The largest absolute Gasteiger partial charge is 0.351 e. The molecule has 1 aliphatic rings. The standard InChI is InChI=1S/C15H22N2OS/c1-10(2)15-17-11(3)13(19-15)9-16-14(18)12-7-5-4-6-8-12/h4-5,10,12H,6-9H2,1-3H3,(H,16,18)/t12-/m1/s1. The van der Waals surface area contributed by atoms with Crippen LogP contribution < -0.4 is 5.32 Å². The molecule has 0 fully saturated rings. The quantitative estimate of drug-likeness (QED) is 0.856. The summed E-state index contributed by atoms with van der Waals surface area (Å²) in [5, 5.41) is 4.21. The number of carbonyl (C=O) groups excluding carboxylic acids is 1. The average molecular weight is 278 g/mol. The number of rotatable bonds is 4. The first-order valence-electron chi connectivity index (χ1n) is 6.97. The average Bonchev–Trinajstić information content (AvgIpc) is 2.79. The fourth-order valence-electron chi connectivity index (χ4n) is 2.20. The molecule has 0 saturated heterocycles. The SMILES string of the molecule is Cc1nc(C(C)C)sc1CNC(=O)[C@@H]1CC=CCC1. The van der Waals surface area contributed by atoms with Gasteiger partial charge in [0.1, 0.15) is 0 Å². The van der Waals surface area contributed by atoms with Gasteiger partial charge in [-0.15, -0.1) is 11.3 Å². The Labute approximate surface area is 119 Å². The molecule has 0 saturated carbocycles. The van der Waals surface area contributed by atoms with Gasteiger partial charge in [0.15, 0.2) is 0 Å². The molecular formula is C15H22N2OS. The predicted octanol–water partition coefficient (Wildman–Crippen LogP) is 3.55. The maximum Gasteiger partial charge on any atom is 0.223 e. The van der Waals surface area contributed by atoms with Crippen LogP contribution in [0.5, 0.6) is 0 Å². The molecule has 104 valence electrons. The lowest BCUT2D eigenvalue weighted by Crippen LogP contribution is -2.30. The second-order valence-corrected chi connectivity index (χ2v) is 6.53. The van der Waals surface area contributed by atoms with Crippen LogP contribution in [-0.4, -0.2) is 10.9 Å². The molecule has 0 aliphatic heterocycles. The first-order valence-corrected chi connectivity index (χ1v) is 7.78. The first kappa shape index (κ1) is 14.3. The van der Waals surface area contributed by atoms with Crippen molar-refractivity contribution in [3.05, 3.63) is 27.7 Å². The van der Waals surface area contributed by atoms with Crippen LogP contribution in [0, 0.1) is 12.8 Å². The third-order valence-electron chi connectivity index (χ3n) is 3.47. The molecule has 1 N–H and O–H groups in total. The van der Waals surface area contributed by atoms with E-state index in [1.54, 1.807) is 11.3 Å². The molecule has 0 radical (unpaired) electrons. The van der Waals surface area contributed by atoms with E-state index in [1.165, 1.54) is 4.88 Å². The van der Waals surface area contributed by atoms with Gasteiger partial charge in [0.25, 0.3) is 0 Å². The highest BCUT2D eigenvalue weighted by atomic mass is 32.1. The number of hydrogen-bond donors (Lipinski definition) is 1. The number of allylic oxidation sites excluding steroid dienone is 2. The molecule has 1 atom stereocenters. The summed E-state index contributed by atoms with van der Waals surface area (Å²) in [5.41, 5.74) is 1.05. The summed E-state index contributed by atoms with van der Waals surface area (Å²) in [5.74, 6) is 0.794. The molecule has 1 aromatic rings. The molecule has 1 aromatic heterocycles. The normalized spacial score (nSPS) is 18.8. The number of amides is 1. The van der Waals surface area contributed by atoms with Crippen molar-refractivity contribution in [2.24, 2.45) is 5.92 Å². The van der Waals surface area contributed by atoms with Crippen LogP contribution in [0.25, 0.3) is 0 Å². The summed E-state index contributed by atoms with van der Waals surface area (Å²) >= 11 is 1.72. The van der Waals surface area contributed by atoms with E-state index in [4.69, 9.17) is 0 Å². The van der Waals surface area contributed by atoms with Crippen LogP contribution >= 0.6 is 11.3 Å². The van der Waals surface area contributed by atoms with Crippen LogP contribution in [0.1, 0.15) is 54.6 Å². The smallest absolute Gasteiger partial charge is 0.223 e. The van der Waals surface area contributed by atoms with Crippen LogP contribution in [-0.2, 0) is 11.3 Å². The third kappa shape index (κ3) is 3.66. The van der Waals surface area contributed by atoms with Crippen molar-refractivity contribution in [1.29, 1.82) is 0 Å². The van der Waals surface area contributed by atoms with Gasteiger partial charge in [0, 0.05) is 16.7 Å². The number of nitrogens with zero attached hydrogens (tertiary/aromatic N) is 1. The van der Waals surface area contributed by atoms with Crippen molar-refractivity contribution in [1.82, 2.24) is 10.3 Å². The fraction of sp³-hybridized carbons (Fsp3) is 0.600. The van der Waals surface area contributed by atoms with Crippen molar-refractivity contribution >= 4 is 17.2 Å². The van der Waals surface area contributed by atoms with Crippen molar-refractivity contribution in [2.75, 3.05) is 0 Å². The van der Waals surface area contributed by atoms with Gasteiger partial charge in [-0.05, 0) is 26.2 Å². The van der Waals surface area contributed by atoms with Gasteiger partial charge < -0.3 is 5.32 Å². The first-order chi connectivity index (χ1) is 9.08. The van der Waals surface area contributed by atoms with E-state index in [-0.39, 0.29) is 11.8 Å². The van der Waals surface area contributed by atoms with Crippen LogP contribution in [0.4, 0.5) is 0 Å². The monoisotopic (exact) mass is 278 g/mol. The van der Waals surface area contributed by atoms with E-state index in [0.717, 1.165) is 30.0 Å². The fourth-order valence-corrected chi connectivity index (χ4v) is 3.21. The van der Waals surface area contributed by atoms with Gasteiger partial charge in [-0.1, -0.05) is 26.0 Å². The van der Waals surface area contributed by atoms with Crippen LogP contribution in [0.3, 0.4) is 0 Å². The molecule has 2 rings (SSSR count). The van der Waals surface area contributed by atoms with Crippen molar-refractivity contribution in [2.45, 2.75) is 52.5 Å². The molecule has 3 nitrogen and oxygen atoms in total. The van der Waals surface area contributed by atoms with Crippen molar-refractivity contribution < 1.29 is 4.79 Å². The Kier molecular flexibility index (Phi) is 4.75. The van der Waals surface area contributed by atoms with Crippen molar-refractivity contribution in [3.8, 4) is 0 Å². The predicted molar refractivity (Wildman–Crippen MR) is 79.3 cm³/mol. The van der Waals surface area contributed by atoms with E-state index in [1.807, 2.05) is 6.92 Å². The molecule has 1 heterocycles. The molecule has 0 spiro atoms. The second-order valence-electron chi connectivity index (χ2n) is 5.41. The number of nitrogens with one attached hydrogen (secondary N) is 1. The lowest BCUT2D eigenvalue weighted by atomic mass is 9.94. The highest BCUT2D eigenvalue weighted by Gasteiger charge is 2.19. The summed E-state index contributed by atoms with van der Waals surface area (Å²) in [7, 11) is 0. The zero-order chi connectivity index (χ0) is 13.8. The summed E-state index contributed by atoms with van der Waals surface area (Å²) in [6.45, 7) is 6.94. The minimum atomic E-state index is 0.155. The Morgan fingerprint density at radius 1 is 1.53 bits per heavy atom. The molecule has 0 aromatic carbocycles. The Morgan fingerprint density at radius 3 is 2.89 bits per heavy atom. The van der Waals surface area contributed by atoms with E-state index < -0.39 is 0 Å². The van der Waals surface area contributed by atoms with Crippen LogP contribution in [0.2, 0.25) is 0 Å². The Bertz CT molecular complexity index is 476. The molecule has 1 aliphatic carbocycles. The molecule has 0 bridgehead atoms. The number of carbonyl (C=O) groups is 1. The summed E-state index contributed by atoms with van der Waals surface area (Å²) in [4.78, 5) is 17.8. The van der Waals surface area contributed by atoms with E-state index in [0.29, 0.717) is 12.5 Å². The molecular weight excluding hydrogens is 256 g/mol. The van der Waals surface area contributed by atoms with Gasteiger partial charge in [-0.3, -0.25) is 4.79 Å².